The SMILES string of the molecule is CC(C)NCc1nc(Cn2cc(Br)cn2)cs1. The van der Waals surface area contributed by atoms with Gasteiger partial charge in [0.05, 0.1) is 22.9 Å². The van der Waals surface area contributed by atoms with Gasteiger partial charge in [-0.25, -0.2) is 4.98 Å². The Hall–Kier alpha value is -0.720. The first kappa shape index (κ1) is 12.7. The highest BCUT2D eigenvalue weighted by molar-refractivity contribution is 9.10. The summed E-state index contributed by atoms with van der Waals surface area (Å²) in [6, 6.07) is 0.490. The van der Waals surface area contributed by atoms with E-state index in [0.29, 0.717) is 6.04 Å². The van der Waals surface area contributed by atoms with Gasteiger partial charge in [-0.3, -0.25) is 4.68 Å². The first-order valence-corrected chi connectivity index (χ1v) is 7.15. The Morgan fingerprint density at radius 3 is 3.00 bits per heavy atom. The average Bonchev–Trinajstić information content (AvgIpc) is 2.86. The molecular formula is C11H15BrN4S. The predicted octanol–water partition coefficient (Wildman–Crippen LogP) is 2.65. The van der Waals surface area contributed by atoms with E-state index in [2.05, 4.69) is 50.6 Å². The predicted molar refractivity (Wildman–Crippen MR) is 73.1 cm³/mol. The second kappa shape index (κ2) is 5.75. The topological polar surface area (TPSA) is 42.7 Å². The van der Waals surface area contributed by atoms with E-state index < -0.39 is 0 Å². The molecule has 4 nitrogen and oxygen atoms in total. The number of hydrogen-bond acceptors (Lipinski definition) is 4. The zero-order chi connectivity index (χ0) is 12.3. The maximum atomic E-state index is 4.57. The number of halogens is 1. The number of nitrogens with zero attached hydrogens (tertiary/aromatic N) is 3. The summed E-state index contributed by atoms with van der Waals surface area (Å²) >= 11 is 5.07. The Bertz CT molecular complexity index is 477. The molecule has 0 aromatic carbocycles. The van der Waals surface area contributed by atoms with Crippen LogP contribution in [0.15, 0.2) is 22.2 Å². The molecule has 0 aliphatic carbocycles. The van der Waals surface area contributed by atoms with Gasteiger partial charge < -0.3 is 5.32 Å². The summed E-state index contributed by atoms with van der Waals surface area (Å²) in [7, 11) is 0. The summed E-state index contributed by atoms with van der Waals surface area (Å²) in [5.74, 6) is 0. The second-order valence-electron chi connectivity index (χ2n) is 4.12. The van der Waals surface area contributed by atoms with Gasteiger partial charge >= 0.3 is 0 Å². The Labute approximate surface area is 113 Å². The van der Waals surface area contributed by atoms with Gasteiger partial charge in [-0.05, 0) is 15.9 Å². The summed E-state index contributed by atoms with van der Waals surface area (Å²) in [4.78, 5) is 4.57. The van der Waals surface area contributed by atoms with E-state index in [-0.39, 0.29) is 0 Å². The molecule has 2 aromatic rings. The standard InChI is InChI=1S/C11H15BrN4S/c1-8(2)13-4-11-15-10(7-17-11)6-16-5-9(12)3-14-16/h3,5,7-8,13H,4,6H2,1-2H3. The Morgan fingerprint density at radius 2 is 2.35 bits per heavy atom. The smallest absolute Gasteiger partial charge is 0.107 e. The molecule has 0 amide bonds. The van der Waals surface area contributed by atoms with Crippen molar-refractivity contribution in [2.75, 3.05) is 0 Å². The number of hydrogen-bond donors (Lipinski definition) is 1. The van der Waals surface area contributed by atoms with Gasteiger partial charge in [0, 0.05) is 24.2 Å². The highest BCUT2D eigenvalue weighted by Crippen LogP contribution is 2.12. The molecule has 0 unspecified atom stereocenters. The van der Waals surface area contributed by atoms with Crippen molar-refractivity contribution in [1.82, 2.24) is 20.1 Å². The molecule has 1 N–H and O–H groups in total. The Kier molecular flexibility index (Phi) is 4.31. The van der Waals surface area contributed by atoms with E-state index in [0.717, 1.165) is 28.3 Å². The van der Waals surface area contributed by atoms with E-state index in [9.17, 15) is 0 Å². The molecule has 0 radical (unpaired) electrons. The largest absolute Gasteiger partial charge is 0.308 e. The third kappa shape index (κ3) is 3.90. The summed E-state index contributed by atoms with van der Waals surface area (Å²) < 4.78 is 2.87. The van der Waals surface area contributed by atoms with Gasteiger partial charge in [-0.1, -0.05) is 13.8 Å². The van der Waals surface area contributed by atoms with E-state index in [1.54, 1.807) is 17.5 Å². The molecule has 0 spiro atoms. The molecule has 0 aliphatic heterocycles. The van der Waals surface area contributed by atoms with Gasteiger partial charge in [0.15, 0.2) is 0 Å². The van der Waals surface area contributed by atoms with Crippen LogP contribution in [0, 0.1) is 0 Å². The van der Waals surface area contributed by atoms with Crippen molar-refractivity contribution < 1.29 is 0 Å². The van der Waals surface area contributed by atoms with Crippen molar-refractivity contribution in [3.8, 4) is 0 Å². The first-order valence-electron chi connectivity index (χ1n) is 5.48. The zero-order valence-corrected chi connectivity index (χ0v) is 12.3. The van der Waals surface area contributed by atoms with Crippen LogP contribution in [-0.4, -0.2) is 20.8 Å². The fraction of sp³-hybridized carbons (Fsp3) is 0.455. The molecule has 0 atom stereocenters. The fourth-order valence-electron chi connectivity index (χ4n) is 1.38. The molecule has 6 heteroatoms. The second-order valence-corrected chi connectivity index (χ2v) is 5.98. The summed E-state index contributed by atoms with van der Waals surface area (Å²) in [6.45, 7) is 5.83. The molecule has 0 saturated heterocycles. The molecule has 0 fully saturated rings. The highest BCUT2D eigenvalue weighted by atomic mass is 79.9. The van der Waals surface area contributed by atoms with Crippen molar-refractivity contribution in [3.05, 3.63) is 32.9 Å². The maximum Gasteiger partial charge on any atom is 0.107 e. The van der Waals surface area contributed by atoms with Gasteiger partial charge in [-0.15, -0.1) is 11.3 Å². The van der Waals surface area contributed by atoms with Crippen LogP contribution in [0.5, 0.6) is 0 Å². The van der Waals surface area contributed by atoms with E-state index in [1.165, 1.54) is 0 Å². The maximum absolute atomic E-state index is 4.57. The monoisotopic (exact) mass is 314 g/mol. The minimum Gasteiger partial charge on any atom is -0.308 e. The fourth-order valence-corrected chi connectivity index (χ4v) is 2.45. The van der Waals surface area contributed by atoms with Crippen molar-refractivity contribution in [1.29, 1.82) is 0 Å². The average molecular weight is 315 g/mol. The van der Waals surface area contributed by atoms with E-state index in [4.69, 9.17) is 0 Å². The lowest BCUT2D eigenvalue weighted by molar-refractivity contribution is 0.585. The molecular weight excluding hydrogens is 300 g/mol. The van der Waals surface area contributed by atoms with Crippen LogP contribution in [0.2, 0.25) is 0 Å². The lowest BCUT2D eigenvalue weighted by Gasteiger charge is -2.04. The van der Waals surface area contributed by atoms with E-state index in [1.807, 2.05) is 10.9 Å². The van der Waals surface area contributed by atoms with E-state index >= 15 is 0 Å². The van der Waals surface area contributed by atoms with Crippen LogP contribution in [0.4, 0.5) is 0 Å². The molecule has 0 aliphatic rings. The lowest BCUT2D eigenvalue weighted by atomic mass is 10.4. The quantitative estimate of drug-likeness (QED) is 0.922. The molecule has 2 aromatic heterocycles. The van der Waals surface area contributed by atoms with Gasteiger partial charge in [-0.2, -0.15) is 5.10 Å². The molecule has 0 saturated carbocycles. The van der Waals surface area contributed by atoms with Crippen LogP contribution in [0.25, 0.3) is 0 Å². The lowest BCUT2D eigenvalue weighted by Crippen LogP contribution is -2.21. The van der Waals surface area contributed by atoms with Crippen LogP contribution in [0.1, 0.15) is 24.5 Å². The Balaban J connectivity index is 1.94. The summed E-state index contributed by atoms with van der Waals surface area (Å²) in [5, 5.41) is 10.8. The molecule has 17 heavy (non-hydrogen) atoms. The number of aromatic nitrogens is 3. The molecule has 0 bridgehead atoms. The van der Waals surface area contributed by atoms with Gasteiger partial charge in [0.2, 0.25) is 0 Å². The minimum absolute atomic E-state index is 0.490. The third-order valence-electron chi connectivity index (χ3n) is 2.19. The number of thiazole rings is 1. The van der Waals surface area contributed by atoms with Gasteiger partial charge in [0.1, 0.15) is 5.01 Å². The number of rotatable bonds is 5. The van der Waals surface area contributed by atoms with Crippen molar-refractivity contribution in [2.45, 2.75) is 33.0 Å². The first-order chi connectivity index (χ1) is 8.13. The van der Waals surface area contributed by atoms with Crippen LogP contribution < -0.4 is 5.32 Å². The molecule has 92 valence electrons. The van der Waals surface area contributed by atoms with Crippen molar-refractivity contribution in [2.24, 2.45) is 0 Å². The normalized spacial score (nSPS) is 11.3. The Morgan fingerprint density at radius 1 is 1.53 bits per heavy atom. The van der Waals surface area contributed by atoms with Crippen molar-refractivity contribution in [3.63, 3.8) is 0 Å². The zero-order valence-electron chi connectivity index (χ0n) is 9.85. The van der Waals surface area contributed by atoms with Gasteiger partial charge in [0.25, 0.3) is 0 Å². The van der Waals surface area contributed by atoms with Crippen LogP contribution in [-0.2, 0) is 13.1 Å². The molecule has 2 heterocycles. The van der Waals surface area contributed by atoms with Crippen LogP contribution in [0.3, 0.4) is 0 Å². The highest BCUT2D eigenvalue weighted by Gasteiger charge is 2.04. The summed E-state index contributed by atoms with van der Waals surface area (Å²) in [6.07, 6.45) is 3.74. The number of nitrogens with one attached hydrogen (secondary N) is 1. The third-order valence-corrected chi connectivity index (χ3v) is 3.49. The molecule has 2 rings (SSSR count). The summed E-state index contributed by atoms with van der Waals surface area (Å²) in [5.41, 5.74) is 1.06. The van der Waals surface area contributed by atoms with Crippen LogP contribution >= 0.6 is 27.3 Å². The van der Waals surface area contributed by atoms with Crippen molar-refractivity contribution >= 4 is 27.3 Å². The minimum atomic E-state index is 0.490.